The van der Waals surface area contributed by atoms with Crippen molar-refractivity contribution in [3.8, 4) is 11.3 Å². The minimum atomic E-state index is -0.157. The number of aromatic nitrogens is 3. The Kier molecular flexibility index (Phi) is 6.71. The molecule has 0 unspecified atom stereocenters. The van der Waals surface area contributed by atoms with Gasteiger partial charge in [0.15, 0.2) is 0 Å². The number of hydrogen-bond donors (Lipinski definition) is 2. The van der Waals surface area contributed by atoms with Crippen molar-refractivity contribution >= 4 is 5.95 Å². The van der Waals surface area contributed by atoms with Gasteiger partial charge in [-0.25, -0.2) is 4.98 Å². The maximum Gasteiger partial charge on any atom is 0.252 e. The average molecular weight is 363 g/mol. The van der Waals surface area contributed by atoms with E-state index in [-0.39, 0.29) is 5.56 Å². The predicted octanol–water partition coefficient (Wildman–Crippen LogP) is 2.62. The van der Waals surface area contributed by atoms with E-state index in [0.29, 0.717) is 18.2 Å². The Morgan fingerprint density at radius 1 is 1.00 bits per heavy atom. The lowest BCUT2D eigenvalue weighted by atomic mass is 10.1. The van der Waals surface area contributed by atoms with Crippen LogP contribution < -0.4 is 16.2 Å². The lowest BCUT2D eigenvalue weighted by Crippen LogP contribution is -2.31. The van der Waals surface area contributed by atoms with Gasteiger partial charge in [-0.2, -0.15) is 0 Å². The van der Waals surface area contributed by atoms with E-state index in [9.17, 15) is 4.79 Å². The van der Waals surface area contributed by atoms with Crippen LogP contribution in [-0.4, -0.2) is 34.6 Å². The SMILES string of the molecule is NCCCCN(CCc1ccccc1)c1nc(-c2ccncc2)cc(=O)[nH]1. The van der Waals surface area contributed by atoms with Crippen LogP contribution in [0.2, 0.25) is 0 Å². The van der Waals surface area contributed by atoms with E-state index < -0.39 is 0 Å². The van der Waals surface area contributed by atoms with Crippen molar-refractivity contribution in [1.82, 2.24) is 15.0 Å². The van der Waals surface area contributed by atoms with Crippen LogP contribution in [-0.2, 0) is 6.42 Å². The molecule has 0 aliphatic rings. The van der Waals surface area contributed by atoms with Crippen LogP contribution in [0.1, 0.15) is 18.4 Å². The number of H-pyrrole nitrogens is 1. The fraction of sp³-hybridized carbons (Fsp3) is 0.286. The van der Waals surface area contributed by atoms with Crippen LogP contribution in [0.4, 0.5) is 5.95 Å². The topological polar surface area (TPSA) is 87.9 Å². The van der Waals surface area contributed by atoms with Gasteiger partial charge in [-0.3, -0.25) is 14.8 Å². The van der Waals surface area contributed by atoms with Crippen molar-refractivity contribution in [3.05, 3.63) is 76.8 Å². The second kappa shape index (κ2) is 9.64. The van der Waals surface area contributed by atoms with Gasteiger partial charge in [0, 0.05) is 37.1 Å². The maximum absolute atomic E-state index is 12.2. The molecule has 6 nitrogen and oxygen atoms in total. The van der Waals surface area contributed by atoms with E-state index in [1.807, 2.05) is 30.3 Å². The van der Waals surface area contributed by atoms with Crippen molar-refractivity contribution in [2.24, 2.45) is 5.73 Å². The molecule has 0 fully saturated rings. The third kappa shape index (κ3) is 5.49. The molecule has 0 radical (unpaired) electrons. The highest BCUT2D eigenvalue weighted by molar-refractivity contribution is 5.59. The normalized spacial score (nSPS) is 10.7. The van der Waals surface area contributed by atoms with Crippen LogP contribution in [0.25, 0.3) is 11.3 Å². The van der Waals surface area contributed by atoms with Crippen molar-refractivity contribution in [3.63, 3.8) is 0 Å². The fourth-order valence-electron chi connectivity index (χ4n) is 2.94. The van der Waals surface area contributed by atoms with E-state index in [4.69, 9.17) is 10.7 Å². The molecule has 1 aromatic carbocycles. The first kappa shape index (κ1) is 18.8. The van der Waals surface area contributed by atoms with Gasteiger partial charge in [0.25, 0.3) is 5.56 Å². The molecule has 0 amide bonds. The minimum Gasteiger partial charge on any atom is -0.342 e. The highest BCUT2D eigenvalue weighted by Gasteiger charge is 2.12. The molecule has 0 bridgehead atoms. The third-order valence-corrected chi connectivity index (χ3v) is 4.40. The van der Waals surface area contributed by atoms with E-state index in [2.05, 4.69) is 27.0 Å². The Morgan fingerprint density at radius 3 is 2.52 bits per heavy atom. The number of anilines is 1. The quantitative estimate of drug-likeness (QED) is 0.571. The van der Waals surface area contributed by atoms with Crippen LogP contribution in [0, 0.1) is 0 Å². The summed E-state index contributed by atoms with van der Waals surface area (Å²) in [6.07, 6.45) is 6.18. The summed E-state index contributed by atoms with van der Waals surface area (Å²) in [6.45, 7) is 2.23. The maximum atomic E-state index is 12.2. The Hall–Kier alpha value is -2.99. The number of benzene rings is 1. The van der Waals surface area contributed by atoms with Crippen molar-refractivity contribution in [1.29, 1.82) is 0 Å². The second-order valence-corrected chi connectivity index (χ2v) is 6.41. The molecule has 2 aromatic heterocycles. The van der Waals surface area contributed by atoms with Gasteiger partial charge in [-0.15, -0.1) is 0 Å². The summed E-state index contributed by atoms with van der Waals surface area (Å²) >= 11 is 0. The smallest absolute Gasteiger partial charge is 0.252 e. The first-order chi connectivity index (χ1) is 13.3. The largest absolute Gasteiger partial charge is 0.342 e. The molecule has 140 valence electrons. The summed E-state index contributed by atoms with van der Waals surface area (Å²) in [7, 11) is 0. The highest BCUT2D eigenvalue weighted by Crippen LogP contribution is 2.17. The summed E-state index contributed by atoms with van der Waals surface area (Å²) in [5.41, 5.74) is 8.28. The molecule has 0 aliphatic heterocycles. The van der Waals surface area contributed by atoms with Gasteiger partial charge in [0.2, 0.25) is 5.95 Å². The van der Waals surface area contributed by atoms with Crippen LogP contribution >= 0.6 is 0 Å². The predicted molar refractivity (Wildman–Crippen MR) is 109 cm³/mol. The molecule has 3 rings (SSSR count). The third-order valence-electron chi connectivity index (χ3n) is 4.40. The van der Waals surface area contributed by atoms with Gasteiger partial charge in [0.05, 0.1) is 5.69 Å². The van der Waals surface area contributed by atoms with E-state index in [1.54, 1.807) is 12.4 Å². The average Bonchev–Trinajstić information content (AvgIpc) is 2.71. The zero-order chi connectivity index (χ0) is 18.9. The Labute approximate surface area is 159 Å². The Bertz CT molecular complexity index is 880. The molecule has 27 heavy (non-hydrogen) atoms. The number of pyridine rings is 1. The Balaban J connectivity index is 1.84. The number of rotatable bonds is 9. The van der Waals surface area contributed by atoms with Gasteiger partial charge in [-0.1, -0.05) is 30.3 Å². The lowest BCUT2D eigenvalue weighted by Gasteiger charge is -2.23. The van der Waals surface area contributed by atoms with Crippen LogP contribution in [0.15, 0.2) is 65.7 Å². The number of hydrogen-bond acceptors (Lipinski definition) is 5. The molecule has 2 heterocycles. The molecule has 0 atom stereocenters. The van der Waals surface area contributed by atoms with Crippen molar-refractivity contribution in [2.45, 2.75) is 19.3 Å². The second-order valence-electron chi connectivity index (χ2n) is 6.41. The molecular weight excluding hydrogens is 338 g/mol. The van der Waals surface area contributed by atoms with Gasteiger partial charge in [0.1, 0.15) is 0 Å². The Morgan fingerprint density at radius 2 is 1.78 bits per heavy atom. The van der Waals surface area contributed by atoms with Crippen LogP contribution in [0.5, 0.6) is 0 Å². The first-order valence-electron chi connectivity index (χ1n) is 9.27. The molecule has 6 heteroatoms. The number of unbranched alkanes of at least 4 members (excludes halogenated alkanes) is 1. The van der Waals surface area contributed by atoms with Crippen LogP contribution in [0.3, 0.4) is 0 Å². The van der Waals surface area contributed by atoms with E-state index in [1.165, 1.54) is 11.6 Å². The summed E-state index contributed by atoms with van der Waals surface area (Å²) < 4.78 is 0. The first-order valence-corrected chi connectivity index (χ1v) is 9.27. The number of nitrogens with one attached hydrogen (secondary N) is 1. The van der Waals surface area contributed by atoms with Crippen molar-refractivity contribution in [2.75, 3.05) is 24.5 Å². The number of nitrogens with two attached hydrogens (primary N) is 1. The number of nitrogens with zero attached hydrogens (tertiary/aromatic N) is 3. The summed E-state index contributed by atoms with van der Waals surface area (Å²) in [6, 6.07) is 15.6. The fourth-order valence-corrected chi connectivity index (χ4v) is 2.94. The molecule has 0 saturated carbocycles. The van der Waals surface area contributed by atoms with Gasteiger partial charge >= 0.3 is 0 Å². The van der Waals surface area contributed by atoms with Gasteiger partial charge < -0.3 is 10.6 Å². The number of aromatic amines is 1. The summed E-state index contributed by atoms with van der Waals surface area (Å²) in [5, 5.41) is 0. The van der Waals surface area contributed by atoms with Crippen molar-refractivity contribution < 1.29 is 0 Å². The molecule has 0 spiro atoms. The van der Waals surface area contributed by atoms with E-state index in [0.717, 1.165) is 37.9 Å². The summed E-state index contributed by atoms with van der Waals surface area (Å²) in [4.78, 5) is 26.0. The van der Waals surface area contributed by atoms with E-state index >= 15 is 0 Å². The molecular formula is C21H25N5O. The zero-order valence-electron chi connectivity index (χ0n) is 15.3. The standard InChI is InChI=1S/C21H25N5O/c22-11-4-5-14-26(15-10-17-6-2-1-3-7-17)21-24-19(16-20(27)25-21)18-8-12-23-13-9-18/h1-3,6-9,12-13,16H,4-5,10-11,14-15,22H2,(H,24,25,27). The minimum absolute atomic E-state index is 0.157. The zero-order valence-corrected chi connectivity index (χ0v) is 15.3. The lowest BCUT2D eigenvalue weighted by molar-refractivity contribution is 0.674. The van der Waals surface area contributed by atoms with Gasteiger partial charge in [-0.05, 0) is 43.5 Å². The molecule has 0 saturated heterocycles. The highest BCUT2D eigenvalue weighted by atomic mass is 16.1. The molecule has 3 aromatic rings. The summed E-state index contributed by atoms with van der Waals surface area (Å²) in [5.74, 6) is 0.599. The molecule has 0 aliphatic carbocycles. The molecule has 3 N–H and O–H groups in total. The monoisotopic (exact) mass is 363 g/mol.